The Labute approximate surface area is 110 Å². The summed E-state index contributed by atoms with van der Waals surface area (Å²) >= 11 is 8.06. The van der Waals surface area contributed by atoms with E-state index in [1.54, 1.807) is 0 Å². The summed E-state index contributed by atoms with van der Waals surface area (Å²) in [4.78, 5) is 1.53. The lowest BCUT2D eigenvalue weighted by molar-refractivity contribution is 0.609. The van der Waals surface area contributed by atoms with E-state index in [0.29, 0.717) is 6.04 Å². The van der Waals surface area contributed by atoms with Gasteiger partial charge in [-0.2, -0.15) is 0 Å². The first-order valence-corrected chi connectivity index (χ1v) is 7.17. The van der Waals surface area contributed by atoms with Crippen LogP contribution in [0.3, 0.4) is 0 Å². The zero-order valence-corrected chi connectivity index (χ0v) is 11.0. The smallest absolute Gasteiger partial charge is 0.0637 e. The highest BCUT2D eigenvalue weighted by Gasteiger charge is 2.21. The van der Waals surface area contributed by atoms with Gasteiger partial charge in [0.25, 0.3) is 0 Å². The lowest BCUT2D eigenvalue weighted by Crippen LogP contribution is -2.15. The second-order valence-corrected chi connectivity index (χ2v) is 5.78. The Morgan fingerprint density at radius 3 is 3.00 bits per heavy atom. The third kappa shape index (κ3) is 2.20. The minimum atomic E-state index is 0.421. The number of anilines is 1. The molecule has 1 atom stereocenters. The van der Waals surface area contributed by atoms with Gasteiger partial charge in [-0.25, -0.2) is 0 Å². The molecule has 1 N–H and O–H groups in total. The molecule has 1 aliphatic carbocycles. The fourth-order valence-electron chi connectivity index (χ4n) is 2.40. The highest BCUT2D eigenvalue weighted by atomic mass is 35.5. The molecular formula is C14H14ClNS. The molecule has 1 unspecified atom stereocenters. The average Bonchev–Trinajstić information content (AvgIpc) is 2.81. The largest absolute Gasteiger partial charge is 0.377 e. The molecule has 3 heteroatoms. The van der Waals surface area contributed by atoms with Crippen molar-refractivity contribution in [1.82, 2.24) is 0 Å². The summed E-state index contributed by atoms with van der Waals surface area (Å²) in [5.74, 6) is 0. The maximum atomic E-state index is 6.18. The lowest BCUT2D eigenvalue weighted by atomic mass is 9.94. The van der Waals surface area contributed by atoms with E-state index in [0.717, 1.165) is 10.7 Å². The van der Waals surface area contributed by atoms with E-state index < -0.39 is 0 Å². The van der Waals surface area contributed by atoms with Crippen molar-refractivity contribution in [3.05, 3.63) is 51.2 Å². The van der Waals surface area contributed by atoms with Gasteiger partial charge in [0.1, 0.15) is 0 Å². The number of rotatable bonds is 2. The van der Waals surface area contributed by atoms with E-state index in [2.05, 4.69) is 16.8 Å². The molecule has 1 heterocycles. The normalized spacial score (nSPS) is 18.8. The van der Waals surface area contributed by atoms with Crippen LogP contribution in [0.2, 0.25) is 5.02 Å². The molecule has 17 heavy (non-hydrogen) atoms. The van der Waals surface area contributed by atoms with E-state index in [-0.39, 0.29) is 0 Å². The Kier molecular flexibility index (Phi) is 3.08. The Balaban J connectivity index is 1.86. The molecule has 0 aliphatic heterocycles. The molecule has 1 aromatic carbocycles. The van der Waals surface area contributed by atoms with Gasteiger partial charge in [0.2, 0.25) is 0 Å². The molecule has 0 radical (unpaired) electrons. The van der Waals surface area contributed by atoms with Crippen molar-refractivity contribution in [2.45, 2.75) is 25.3 Å². The topological polar surface area (TPSA) is 12.0 Å². The molecule has 0 saturated heterocycles. The molecule has 0 bridgehead atoms. The van der Waals surface area contributed by atoms with Crippen molar-refractivity contribution < 1.29 is 0 Å². The first-order chi connectivity index (χ1) is 8.34. The summed E-state index contributed by atoms with van der Waals surface area (Å²) in [6.45, 7) is 0. The van der Waals surface area contributed by atoms with Gasteiger partial charge in [-0.1, -0.05) is 23.7 Å². The number of benzene rings is 1. The maximum absolute atomic E-state index is 6.18. The molecule has 0 amide bonds. The standard InChI is InChI=1S/C14H14ClNS/c15-11-4-1-2-5-13(11)16-12-6-3-7-14-10(12)8-9-17-14/h1-2,4-5,8-9,12,16H,3,6-7H2. The second kappa shape index (κ2) is 4.71. The van der Waals surface area contributed by atoms with Gasteiger partial charge in [0, 0.05) is 4.88 Å². The minimum Gasteiger partial charge on any atom is -0.377 e. The first-order valence-electron chi connectivity index (χ1n) is 5.92. The van der Waals surface area contributed by atoms with Crippen LogP contribution in [0.15, 0.2) is 35.7 Å². The van der Waals surface area contributed by atoms with E-state index in [1.165, 1.54) is 29.7 Å². The van der Waals surface area contributed by atoms with Gasteiger partial charge in [-0.15, -0.1) is 11.3 Å². The summed E-state index contributed by atoms with van der Waals surface area (Å²) in [7, 11) is 0. The quantitative estimate of drug-likeness (QED) is 0.813. The number of hydrogen-bond donors (Lipinski definition) is 1. The minimum absolute atomic E-state index is 0.421. The summed E-state index contributed by atoms with van der Waals surface area (Å²) in [5, 5.41) is 6.56. The van der Waals surface area contributed by atoms with Gasteiger partial charge >= 0.3 is 0 Å². The maximum Gasteiger partial charge on any atom is 0.0637 e. The van der Waals surface area contributed by atoms with E-state index in [1.807, 2.05) is 35.6 Å². The number of nitrogens with one attached hydrogen (secondary N) is 1. The van der Waals surface area contributed by atoms with Crippen molar-refractivity contribution in [2.24, 2.45) is 0 Å². The van der Waals surface area contributed by atoms with Crippen LogP contribution in [0.4, 0.5) is 5.69 Å². The summed E-state index contributed by atoms with van der Waals surface area (Å²) in [6.07, 6.45) is 3.68. The zero-order valence-electron chi connectivity index (χ0n) is 9.45. The molecule has 1 aliphatic rings. The predicted molar refractivity (Wildman–Crippen MR) is 75.1 cm³/mol. The van der Waals surface area contributed by atoms with Crippen LogP contribution in [0, 0.1) is 0 Å². The van der Waals surface area contributed by atoms with Gasteiger partial charge in [0.15, 0.2) is 0 Å². The van der Waals surface area contributed by atoms with Crippen molar-refractivity contribution in [1.29, 1.82) is 0 Å². The van der Waals surface area contributed by atoms with E-state index >= 15 is 0 Å². The number of fused-ring (bicyclic) bond motifs is 1. The van der Waals surface area contributed by atoms with Gasteiger partial charge in [0.05, 0.1) is 16.8 Å². The highest BCUT2D eigenvalue weighted by molar-refractivity contribution is 7.10. The van der Waals surface area contributed by atoms with E-state index in [4.69, 9.17) is 11.6 Å². The van der Waals surface area contributed by atoms with E-state index in [9.17, 15) is 0 Å². The third-order valence-corrected chi connectivity index (χ3v) is 4.58. The van der Waals surface area contributed by atoms with Gasteiger partial charge in [-0.05, 0) is 48.4 Å². The number of hydrogen-bond acceptors (Lipinski definition) is 2. The molecule has 1 nitrogen and oxygen atoms in total. The van der Waals surface area contributed by atoms with Crippen LogP contribution in [0.1, 0.15) is 29.3 Å². The molecule has 2 aromatic rings. The average molecular weight is 264 g/mol. The number of halogens is 1. The van der Waals surface area contributed by atoms with Gasteiger partial charge < -0.3 is 5.32 Å². The molecule has 0 saturated carbocycles. The van der Waals surface area contributed by atoms with Crippen molar-refractivity contribution >= 4 is 28.6 Å². The summed E-state index contributed by atoms with van der Waals surface area (Å²) in [6, 6.07) is 10.6. The van der Waals surface area contributed by atoms with Crippen molar-refractivity contribution in [3.63, 3.8) is 0 Å². The van der Waals surface area contributed by atoms with Gasteiger partial charge in [-0.3, -0.25) is 0 Å². The van der Waals surface area contributed by atoms with Crippen molar-refractivity contribution in [3.8, 4) is 0 Å². The summed E-state index contributed by atoms with van der Waals surface area (Å²) < 4.78 is 0. The first kappa shape index (κ1) is 11.1. The SMILES string of the molecule is Clc1ccccc1NC1CCCc2sccc21. The Bertz CT molecular complexity index is 520. The molecular weight excluding hydrogens is 250 g/mol. The third-order valence-electron chi connectivity index (χ3n) is 3.26. The van der Waals surface area contributed by atoms with Crippen LogP contribution in [0.25, 0.3) is 0 Å². The Hall–Kier alpha value is -0.990. The van der Waals surface area contributed by atoms with Crippen LogP contribution in [-0.2, 0) is 6.42 Å². The molecule has 0 fully saturated rings. The monoisotopic (exact) mass is 263 g/mol. The zero-order chi connectivity index (χ0) is 11.7. The number of para-hydroxylation sites is 1. The molecule has 0 spiro atoms. The molecule has 3 rings (SSSR count). The van der Waals surface area contributed by atoms with Crippen LogP contribution < -0.4 is 5.32 Å². The summed E-state index contributed by atoms with van der Waals surface area (Å²) in [5.41, 5.74) is 2.50. The van der Waals surface area contributed by atoms with Crippen LogP contribution >= 0.6 is 22.9 Å². The number of thiophene rings is 1. The Morgan fingerprint density at radius 2 is 2.12 bits per heavy atom. The highest BCUT2D eigenvalue weighted by Crippen LogP contribution is 2.36. The fraction of sp³-hybridized carbons (Fsp3) is 0.286. The predicted octanol–water partition coefficient (Wildman–Crippen LogP) is 4.89. The number of aryl methyl sites for hydroxylation is 1. The molecule has 1 aromatic heterocycles. The lowest BCUT2D eigenvalue weighted by Gasteiger charge is -2.25. The van der Waals surface area contributed by atoms with Crippen LogP contribution in [0.5, 0.6) is 0 Å². The molecule has 88 valence electrons. The second-order valence-electron chi connectivity index (χ2n) is 4.37. The fourth-order valence-corrected chi connectivity index (χ4v) is 3.58. The van der Waals surface area contributed by atoms with Crippen molar-refractivity contribution in [2.75, 3.05) is 5.32 Å². The van der Waals surface area contributed by atoms with Crippen LogP contribution in [-0.4, -0.2) is 0 Å². The Morgan fingerprint density at radius 1 is 1.24 bits per heavy atom.